The van der Waals surface area contributed by atoms with Gasteiger partial charge in [-0.05, 0) is 49.6 Å². The first kappa shape index (κ1) is 21.7. The van der Waals surface area contributed by atoms with Crippen LogP contribution in [0.5, 0.6) is 0 Å². The fraction of sp³-hybridized carbons (Fsp3) is 0.455. The molecular weight excluding hydrogens is 387 g/mol. The fourth-order valence-electron chi connectivity index (χ4n) is 3.29. The molecular formula is C22H29FN4O3. The monoisotopic (exact) mass is 416 g/mol. The van der Waals surface area contributed by atoms with Crippen molar-refractivity contribution >= 4 is 12.1 Å². The van der Waals surface area contributed by atoms with Crippen molar-refractivity contribution in [1.82, 2.24) is 15.5 Å². The number of carbonyl (C=O) groups excluding carboxylic acids is 1. The van der Waals surface area contributed by atoms with Gasteiger partial charge in [0.05, 0.1) is 19.4 Å². The van der Waals surface area contributed by atoms with Gasteiger partial charge in [-0.15, -0.1) is 0 Å². The minimum atomic E-state index is -0.258. The van der Waals surface area contributed by atoms with E-state index in [9.17, 15) is 9.18 Å². The summed E-state index contributed by atoms with van der Waals surface area (Å²) in [6.07, 6.45) is 3.78. The lowest BCUT2D eigenvalue weighted by Gasteiger charge is -2.32. The van der Waals surface area contributed by atoms with Crippen LogP contribution in [0.15, 0.2) is 52.1 Å². The van der Waals surface area contributed by atoms with Gasteiger partial charge in [0, 0.05) is 32.1 Å². The highest BCUT2D eigenvalue weighted by Gasteiger charge is 2.24. The number of benzene rings is 1. The van der Waals surface area contributed by atoms with E-state index in [1.54, 1.807) is 23.3 Å². The maximum Gasteiger partial charge on any atom is 0.409 e. The SMILES string of the molecule is CCOC(=O)N1CCC(NC(=NCc2ccc(F)cc2)NCCc2ccco2)CC1. The molecule has 0 aliphatic carbocycles. The van der Waals surface area contributed by atoms with Crippen molar-refractivity contribution in [3.8, 4) is 0 Å². The number of likely N-dealkylation sites (tertiary alicyclic amines) is 1. The Morgan fingerprint density at radius 1 is 1.27 bits per heavy atom. The molecule has 1 amide bonds. The molecule has 0 spiro atoms. The Morgan fingerprint density at radius 2 is 2.03 bits per heavy atom. The topological polar surface area (TPSA) is 79.1 Å². The summed E-state index contributed by atoms with van der Waals surface area (Å²) in [5, 5.41) is 6.81. The third-order valence-corrected chi connectivity index (χ3v) is 4.94. The van der Waals surface area contributed by atoms with Crippen LogP contribution in [0.2, 0.25) is 0 Å². The van der Waals surface area contributed by atoms with E-state index in [1.807, 2.05) is 19.1 Å². The van der Waals surface area contributed by atoms with Crippen molar-refractivity contribution in [2.75, 3.05) is 26.2 Å². The minimum absolute atomic E-state index is 0.207. The van der Waals surface area contributed by atoms with E-state index < -0.39 is 0 Å². The Morgan fingerprint density at radius 3 is 2.70 bits per heavy atom. The second kappa shape index (κ2) is 11.2. The van der Waals surface area contributed by atoms with Crippen LogP contribution >= 0.6 is 0 Å². The molecule has 1 aliphatic heterocycles. The normalized spacial score (nSPS) is 15.1. The van der Waals surface area contributed by atoms with Gasteiger partial charge in [-0.3, -0.25) is 0 Å². The van der Waals surface area contributed by atoms with E-state index in [0.717, 1.165) is 30.6 Å². The number of carbonyl (C=O) groups is 1. The molecule has 0 saturated carbocycles. The first-order valence-electron chi connectivity index (χ1n) is 10.4. The van der Waals surface area contributed by atoms with Gasteiger partial charge in [0.2, 0.25) is 0 Å². The smallest absolute Gasteiger partial charge is 0.409 e. The molecule has 1 aliphatic rings. The van der Waals surface area contributed by atoms with Crippen molar-refractivity contribution in [2.45, 2.75) is 38.8 Å². The first-order valence-corrected chi connectivity index (χ1v) is 10.4. The molecule has 2 N–H and O–H groups in total. The molecule has 1 aromatic carbocycles. The third-order valence-electron chi connectivity index (χ3n) is 4.94. The van der Waals surface area contributed by atoms with Gasteiger partial charge in [-0.2, -0.15) is 0 Å². The highest BCUT2D eigenvalue weighted by molar-refractivity contribution is 5.80. The summed E-state index contributed by atoms with van der Waals surface area (Å²) in [7, 11) is 0. The molecule has 1 aromatic heterocycles. The Bertz CT molecular complexity index is 800. The second-order valence-corrected chi connectivity index (χ2v) is 7.15. The summed E-state index contributed by atoms with van der Waals surface area (Å²) in [5.74, 6) is 1.34. The molecule has 30 heavy (non-hydrogen) atoms. The Balaban J connectivity index is 1.55. The number of guanidine groups is 1. The third kappa shape index (κ3) is 6.79. The first-order chi connectivity index (χ1) is 14.6. The fourth-order valence-corrected chi connectivity index (χ4v) is 3.29. The molecule has 1 saturated heterocycles. The van der Waals surface area contributed by atoms with Gasteiger partial charge in [0.25, 0.3) is 0 Å². The van der Waals surface area contributed by atoms with Crippen LogP contribution in [0.3, 0.4) is 0 Å². The summed E-state index contributed by atoms with van der Waals surface area (Å²) in [6.45, 7) is 4.60. The van der Waals surface area contributed by atoms with Gasteiger partial charge in [0.15, 0.2) is 5.96 Å². The van der Waals surface area contributed by atoms with Gasteiger partial charge >= 0.3 is 6.09 Å². The second-order valence-electron chi connectivity index (χ2n) is 7.15. The molecule has 0 atom stereocenters. The molecule has 3 rings (SSSR count). The van der Waals surface area contributed by atoms with Gasteiger partial charge in [-0.1, -0.05) is 12.1 Å². The van der Waals surface area contributed by atoms with Crippen LogP contribution in [0.4, 0.5) is 9.18 Å². The molecule has 2 aromatic rings. The summed E-state index contributed by atoms with van der Waals surface area (Å²) in [4.78, 5) is 18.3. The van der Waals surface area contributed by atoms with Crippen LogP contribution in [-0.2, 0) is 17.7 Å². The number of rotatable bonds is 7. The molecule has 0 bridgehead atoms. The number of aliphatic imine (C=N–C) groups is 1. The van der Waals surface area contributed by atoms with E-state index in [-0.39, 0.29) is 18.0 Å². The van der Waals surface area contributed by atoms with Crippen molar-refractivity contribution in [1.29, 1.82) is 0 Å². The lowest BCUT2D eigenvalue weighted by Crippen LogP contribution is -2.50. The number of piperidine rings is 1. The minimum Gasteiger partial charge on any atom is -0.469 e. The number of amides is 1. The molecule has 0 radical (unpaired) electrons. The Kier molecular flexibility index (Phi) is 8.11. The van der Waals surface area contributed by atoms with Gasteiger partial charge in [-0.25, -0.2) is 14.2 Å². The van der Waals surface area contributed by atoms with E-state index in [0.29, 0.717) is 38.7 Å². The van der Waals surface area contributed by atoms with E-state index in [1.165, 1.54) is 12.1 Å². The van der Waals surface area contributed by atoms with E-state index in [4.69, 9.17) is 9.15 Å². The van der Waals surface area contributed by atoms with Crippen LogP contribution in [0.25, 0.3) is 0 Å². The number of nitrogens with one attached hydrogen (secondary N) is 2. The molecule has 1 fully saturated rings. The average Bonchev–Trinajstić information content (AvgIpc) is 3.27. The number of ether oxygens (including phenoxy) is 1. The van der Waals surface area contributed by atoms with E-state index >= 15 is 0 Å². The van der Waals surface area contributed by atoms with Crippen molar-refractivity contribution in [3.05, 3.63) is 59.8 Å². The van der Waals surface area contributed by atoms with Crippen molar-refractivity contribution in [2.24, 2.45) is 4.99 Å². The predicted octanol–water partition coefficient (Wildman–Crippen LogP) is 3.32. The molecule has 7 nitrogen and oxygen atoms in total. The summed E-state index contributed by atoms with van der Waals surface area (Å²) in [6, 6.07) is 10.4. The van der Waals surface area contributed by atoms with Crippen molar-refractivity contribution < 1.29 is 18.3 Å². The number of halogens is 1. The lowest BCUT2D eigenvalue weighted by atomic mass is 10.1. The summed E-state index contributed by atoms with van der Waals surface area (Å²) < 4.78 is 23.6. The number of hydrogen-bond donors (Lipinski definition) is 2. The Hall–Kier alpha value is -3.03. The lowest BCUT2D eigenvalue weighted by molar-refractivity contribution is 0.0963. The summed E-state index contributed by atoms with van der Waals surface area (Å²) >= 11 is 0. The highest BCUT2D eigenvalue weighted by atomic mass is 19.1. The number of furan rings is 1. The quantitative estimate of drug-likeness (QED) is 0.535. The predicted molar refractivity (Wildman–Crippen MR) is 113 cm³/mol. The number of nitrogens with zero attached hydrogens (tertiary/aromatic N) is 2. The molecule has 162 valence electrons. The average molecular weight is 416 g/mol. The zero-order valence-corrected chi connectivity index (χ0v) is 17.3. The zero-order chi connectivity index (χ0) is 21.2. The maximum atomic E-state index is 13.1. The van der Waals surface area contributed by atoms with Crippen LogP contribution in [0.1, 0.15) is 31.1 Å². The number of hydrogen-bond acceptors (Lipinski definition) is 4. The van der Waals surface area contributed by atoms with Crippen LogP contribution in [0, 0.1) is 5.82 Å². The Labute approximate surface area is 176 Å². The molecule has 2 heterocycles. The van der Waals surface area contributed by atoms with Crippen LogP contribution < -0.4 is 10.6 Å². The zero-order valence-electron chi connectivity index (χ0n) is 17.3. The van der Waals surface area contributed by atoms with Gasteiger partial charge in [0.1, 0.15) is 11.6 Å². The van der Waals surface area contributed by atoms with Crippen molar-refractivity contribution in [3.63, 3.8) is 0 Å². The summed E-state index contributed by atoms with van der Waals surface area (Å²) in [5.41, 5.74) is 0.931. The maximum absolute atomic E-state index is 13.1. The van der Waals surface area contributed by atoms with Crippen LogP contribution in [-0.4, -0.2) is 49.2 Å². The highest BCUT2D eigenvalue weighted by Crippen LogP contribution is 2.12. The van der Waals surface area contributed by atoms with E-state index in [2.05, 4.69) is 15.6 Å². The molecule has 0 unspecified atom stereocenters. The molecule has 8 heteroatoms. The standard InChI is InChI=1S/C22H29FN4O3/c1-2-29-22(28)27-13-10-19(11-14-27)26-21(24-12-9-20-4-3-15-30-20)25-16-17-5-7-18(23)8-6-17/h3-8,15,19H,2,9-14,16H2,1H3,(H2,24,25,26). The van der Waals surface area contributed by atoms with Gasteiger partial charge < -0.3 is 24.7 Å². The largest absolute Gasteiger partial charge is 0.469 e.